The largest absolute Gasteiger partial charge is 0.369 e. The Morgan fingerprint density at radius 2 is 2.29 bits per heavy atom. The summed E-state index contributed by atoms with van der Waals surface area (Å²) >= 11 is 5.99. The van der Waals surface area contributed by atoms with E-state index in [4.69, 9.17) is 21.4 Å². The number of anilines is 1. The molecule has 0 saturated heterocycles. The number of rotatable bonds is 4. The second kappa shape index (κ2) is 5.51. The summed E-state index contributed by atoms with van der Waals surface area (Å²) in [6.45, 7) is 5.28. The van der Waals surface area contributed by atoms with E-state index in [1.54, 1.807) is 13.8 Å². The van der Waals surface area contributed by atoms with E-state index in [9.17, 15) is 9.90 Å². The number of aliphatic hydroxyl groups excluding tert-OH is 1. The Kier molecular flexibility index (Phi) is 4.08. The lowest BCUT2D eigenvalue weighted by Gasteiger charge is -2.19. The summed E-state index contributed by atoms with van der Waals surface area (Å²) in [6, 6.07) is 3.56. The standard InChI is InChI=1S/C14H16ClN3O3/c1-4-5-8-11(15)13(20)18(12(8)19)10-6-9(21-17-10)14(2,3)7-16/h6,12,19H,4-5H2,1-3H3. The maximum absolute atomic E-state index is 12.2. The molecule has 1 aliphatic rings. The SMILES string of the molecule is CCCC1=C(Cl)C(=O)N(c2cc(C(C)(C)C#N)on2)C1O. The van der Waals surface area contributed by atoms with E-state index in [2.05, 4.69) is 11.2 Å². The van der Waals surface area contributed by atoms with Crippen LogP contribution in [0.3, 0.4) is 0 Å². The van der Waals surface area contributed by atoms with Crippen LogP contribution in [0.5, 0.6) is 0 Å². The van der Waals surface area contributed by atoms with Gasteiger partial charge in [-0.05, 0) is 20.3 Å². The zero-order valence-corrected chi connectivity index (χ0v) is 12.8. The van der Waals surface area contributed by atoms with E-state index in [-0.39, 0.29) is 10.9 Å². The van der Waals surface area contributed by atoms with Crippen molar-refractivity contribution in [2.24, 2.45) is 0 Å². The van der Waals surface area contributed by atoms with Crippen molar-refractivity contribution in [2.75, 3.05) is 4.90 Å². The van der Waals surface area contributed by atoms with E-state index in [0.717, 1.165) is 11.3 Å². The summed E-state index contributed by atoms with van der Waals surface area (Å²) in [5, 5.41) is 23.1. The van der Waals surface area contributed by atoms with E-state index in [1.165, 1.54) is 6.07 Å². The summed E-state index contributed by atoms with van der Waals surface area (Å²) in [7, 11) is 0. The number of aliphatic hydroxyl groups is 1. The van der Waals surface area contributed by atoms with Gasteiger partial charge in [-0.25, -0.2) is 0 Å². The number of halogens is 1. The van der Waals surface area contributed by atoms with Gasteiger partial charge in [0, 0.05) is 11.6 Å². The Morgan fingerprint density at radius 3 is 2.86 bits per heavy atom. The first-order chi connectivity index (χ1) is 9.83. The van der Waals surface area contributed by atoms with Crippen LogP contribution in [-0.2, 0) is 10.2 Å². The number of hydrogen-bond donors (Lipinski definition) is 1. The van der Waals surface area contributed by atoms with Crippen LogP contribution in [0, 0.1) is 11.3 Å². The highest BCUT2D eigenvalue weighted by Crippen LogP contribution is 2.35. The molecule has 1 unspecified atom stereocenters. The van der Waals surface area contributed by atoms with Crippen LogP contribution < -0.4 is 4.90 Å². The van der Waals surface area contributed by atoms with Crippen LogP contribution in [0.4, 0.5) is 5.82 Å². The molecule has 6 nitrogen and oxygen atoms in total. The van der Waals surface area contributed by atoms with Crippen molar-refractivity contribution < 1.29 is 14.4 Å². The molecule has 0 saturated carbocycles. The minimum atomic E-state index is -1.15. The molecule has 2 rings (SSSR count). The van der Waals surface area contributed by atoms with Gasteiger partial charge >= 0.3 is 0 Å². The summed E-state index contributed by atoms with van der Waals surface area (Å²) in [5.74, 6) is -0.0441. The van der Waals surface area contributed by atoms with Crippen LogP contribution >= 0.6 is 11.6 Å². The van der Waals surface area contributed by atoms with E-state index >= 15 is 0 Å². The highest BCUT2D eigenvalue weighted by Gasteiger charge is 2.40. The predicted molar refractivity (Wildman–Crippen MR) is 76.4 cm³/mol. The molecule has 0 radical (unpaired) electrons. The maximum Gasteiger partial charge on any atom is 0.273 e. The van der Waals surface area contributed by atoms with Crippen molar-refractivity contribution in [3.8, 4) is 6.07 Å². The zero-order chi connectivity index (χ0) is 15.8. The van der Waals surface area contributed by atoms with Crippen LogP contribution in [0.25, 0.3) is 0 Å². The van der Waals surface area contributed by atoms with Gasteiger partial charge in [-0.2, -0.15) is 5.26 Å². The topological polar surface area (TPSA) is 90.4 Å². The van der Waals surface area contributed by atoms with Gasteiger partial charge in [0.1, 0.15) is 10.4 Å². The number of nitriles is 1. The molecule has 1 aromatic rings. The molecule has 1 aromatic heterocycles. The Balaban J connectivity index is 2.33. The fraction of sp³-hybridized carbons (Fsp3) is 0.500. The normalized spacial score (nSPS) is 19.3. The summed E-state index contributed by atoms with van der Waals surface area (Å²) in [4.78, 5) is 13.2. The van der Waals surface area contributed by atoms with Crippen LogP contribution in [-0.4, -0.2) is 22.4 Å². The van der Waals surface area contributed by atoms with Crippen LogP contribution in [0.2, 0.25) is 0 Å². The average Bonchev–Trinajstić information content (AvgIpc) is 3.00. The van der Waals surface area contributed by atoms with Gasteiger partial charge in [-0.3, -0.25) is 9.69 Å². The fourth-order valence-corrected chi connectivity index (χ4v) is 2.37. The molecule has 1 amide bonds. The zero-order valence-electron chi connectivity index (χ0n) is 12.1. The molecule has 2 heterocycles. The molecule has 0 bridgehead atoms. The number of amides is 1. The molecule has 1 N–H and O–H groups in total. The number of carbonyl (C=O) groups excluding carboxylic acids is 1. The third-order valence-electron chi connectivity index (χ3n) is 3.40. The van der Waals surface area contributed by atoms with E-state index < -0.39 is 17.6 Å². The van der Waals surface area contributed by atoms with Crippen molar-refractivity contribution in [2.45, 2.75) is 45.3 Å². The Bertz CT molecular complexity index is 642. The van der Waals surface area contributed by atoms with Crippen LogP contribution in [0.1, 0.15) is 39.4 Å². The first-order valence-electron chi connectivity index (χ1n) is 6.62. The first kappa shape index (κ1) is 15.5. The molecule has 21 heavy (non-hydrogen) atoms. The Morgan fingerprint density at radius 1 is 1.62 bits per heavy atom. The van der Waals surface area contributed by atoms with Gasteiger partial charge in [-0.1, -0.05) is 30.1 Å². The summed E-state index contributed by atoms with van der Waals surface area (Å²) in [5.41, 5.74) is -0.393. The maximum atomic E-state index is 12.2. The molecule has 0 fully saturated rings. The first-order valence-corrected chi connectivity index (χ1v) is 7.00. The van der Waals surface area contributed by atoms with Gasteiger partial charge in [-0.15, -0.1) is 0 Å². The van der Waals surface area contributed by atoms with Crippen LogP contribution in [0.15, 0.2) is 21.2 Å². The highest BCUT2D eigenvalue weighted by molar-refractivity contribution is 6.45. The van der Waals surface area contributed by atoms with Crippen molar-refractivity contribution in [3.63, 3.8) is 0 Å². The molecule has 1 atom stereocenters. The molecule has 112 valence electrons. The Labute approximate surface area is 127 Å². The quantitative estimate of drug-likeness (QED) is 0.922. The third kappa shape index (κ3) is 2.55. The second-order valence-corrected chi connectivity index (χ2v) is 5.80. The number of aromatic nitrogens is 1. The molecule has 1 aliphatic heterocycles. The fourth-order valence-electron chi connectivity index (χ4n) is 2.09. The van der Waals surface area contributed by atoms with Gasteiger partial charge in [0.2, 0.25) is 0 Å². The smallest absolute Gasteiger partial charge is 0.273 e. The lowest BCUT2D eigenvalue weighted by Crippen LogP contribution is -2.35. The number of nitrogens with zero attached hydrogens (tertiary/aromatic N) is 3. The van der Waals surface area contributed by atoms with Crippen molar-refractivity contribution in [3.05, 3.63) is 22.4 Å². The molecular weight excluding hydrogens is 294 g/mol. The molecule has 0 spiro atoms. The molecule has 0 aromatic carbocycles. The van der Waals surface area contributed by atoms with Crippen molar-refractivity contribution in [1.82, 2.24) is 5.16 Å². The summed E-state index contributed by atoms with van der Waals surface area (Å²) in [6.07, 6.45) is 0.138. The lowest BCUT2D eigenvalue weighted by molar-refractivity contribution is -0.115. The number of hydrogen-bond acceptors (Lipinski definition) is 5. The predicted octanol–water partition coefficient (Wildman–Crippen LogP) is 2.43. The number of carbonyl (C=O) groups is 1. The lowest BCUT2D eigenvalue weighted by atomic mass is 9.92. The Hall–Kier alpha value is -1.84. The van der Waals surface area contributed by atoms with Gasteiger partial charge in [0.05, 0.1) is 6.07 Å². The van der Waals surface area contributed by atoms with Gasteiger partial charge in [0.15, 0.2) is 17.8 Å². The summed E-state index contributed by atoms with van der Waals surface area (Å²) < 4.78 is 5.12. The van der Waals surface area contributed by atoms with Gasteiger partial charge in [0.25, 0.3) is 5.91 Å². The minimum absolute atomic E-state index is 0.0217. The van der Waals surface area contributed by atoms with Crippen molar-refractivity contribution in [1.29, 1.82) is 5.26 Å². The average molecular weight is 310 g/mol. The highest BCUT2D eigenvalue weighted by atomic mass is 35.5. The molecule has 7 heteroatoms. The third-order valence-corrected chi connectivity index (χ3v) is 3.81. The molecule has 0 aliphatic carbocycles. The second-order valence-electron chi connectivity index (χ2n) is 5.42. The van der Waals surface area contributed by atoms with Crippen molar-refractivity contribution >= 4 is 23.3 Å². The van der Waals surface area contributed by atoms with Gasteiger partial charge < -0.3 is 9.63 Å². The minimum Gasteiger partial charge on any atom is -0.369 e. The monoisotopic (exact) mass is 309 g/mol. The molecular formula is C14H16ClN3O3. The van der Waals surface area contributed by atoms with E-state index in [0.29, 0.717) is 17.8 Å². The van der Waals surface area contributed by atoms with E-state index in [1.807, 2.05) is 6.92 Å².